The third kappa shape index (κ3) is 2.74. The van der Waals surface area contributed by atoms with Crippen LogP contribution < -0.4 is 0 Å². The molecule has 0 saturated heterocycles. The highest BCUT2D eigenvalue weighted by Crippen LogP contribution is 2.63. The van der Waals surface area contributed by atoms with E-state index in [1.807, 2.05) is 0 Å². The van der Waals surface area contributed by atoms with E-state index in [9.17, 15) is 9.59 Å². The molecule has 3 aliphatic carbocycles. The van der Waals surface area contributed by atoms with Gasteiger partial charge in [0.25, 0.3) is 0 Å². The number of esters is 1. The minimum atomic E-state index is -0.211. The first-order valence-corrected chi connectivity index (χ1v) is 9.40. The van der Waals surface area contributed by atoms with Crippen LogP contribution in [0.5, 0.6) is 0 Å². The van der Waals surface area contributed by atoms with Crippen LogP contribution >= 0.6 is 0 Å². The van der Waals surface area contributed by atoms with Crippen molar-refractivity contribution < 1.29 is 14.3 Å². The number of carbonyl (C=O) groups is 2. The van der Waals surface area contributed by atoms with Crippen LogP contribution in [0.25, 0.3) is 0 Å². The summed E-state index contributed by atoms with van der Waals surface area (Å²) >= 11 is 0. The van der Waals surface area contributed by atoms with Crippen molar-refractivity contribution in [2.45, 2.75) is 72.1 Å². The minimum absolute atomic E-state index is 0.180. The fourth-order valence-corrected chi connectivity index (χ4v) is 6.50. The Kier molecular flexibility index (Phi) is 4.35. The van der Waals surface area contributed by atoms with E-state index in [0.717, 1.165) is 19.3 Å². The first-order chi connectivity index (χ1) is 10.8. The van der Waals surface area contributed by atoms with E-state index >= 15 is 0 Å². The number of Topliss-reactive ketones (excluding diaryl/α,β-unsaturated/α-hetero) is 1. The van der Waals surface area contributed by atoms with E-state index in [0.29, 0.717) is 29.5 Å². The number of hydrogen-bond acceptors (Lipinski definition) is 3. The summed E-state index contributed by atoms with van der Waals surface area (Å²) in [5, 5.41) is 0. The third-order valence-corrected chi connectivity index (χ3v) is 7.60. The summed E-state index contributed by atoms with van der Waals surface area (Å²) < 4.78 is 4.92. The van der Waals surface area contributed by atoms with Crippen molar-refractivity contribution in [3.8, 4) is 0 Å². The van der Waals surface area contributed by atoms with Crippen LogP contribution in [0.1, 0.15) is 72.1 Å². The monoisotopic (exact) mass is 320 g/mol. The predicted octanol–water partition coefficient (Wildman–Crippen LogP) is 4.39. The van der Waals surface area contributed by atoms with Gasteiger partial charge in [0.2, 0.25) is 0 Å². The summed E-state index contributed by atoms with van der Waals surface area (Å²) in [5.74, 6) is 1.28. The number of ketones is 1. The molecule has 0 N–H and O–H groups in total. The standard InChI is InChI=1S/C20H32O3/c1-19(2)10-5-11-20(3)15-8-6-13(18(22)23-4)12-16(21)14(15)7-9-17(19)20/h13-15,17H,5-12H2,1-4H3/t13-,14-,15+,17+,20-/m1/s1. The molecule has 0 heterocycles. The molecule has 3 heteroatoms. The molecule has 3 rings (SSSR count). The molecule has 0 bridgehead atoms. The van der Waals surface area contributed by atoms with E-state index in [2.05, 4.69) is 20.8 Å². The van der Waals surface area contributed by atoms with Crippen molar-refractivity contribution in [3.63, 3.8) is 0 Å². The van der Waals surface area contributed by atoms with Gasteiger partial charge in [0.15, 0.2) is 0 Å². The highest BCUT2D eigenvalue weighted by Gasteiger charge is 2.56. The molecule has 0 aliphatic heterocycles. The lowest BCUT2D eigenvalue weighted by molar-refractivity contribution is -0.147. The summed E-state index contributed by atoms with van der Waals surface area (Å²) in [4.78, 5) is 24.8. The second-order valence-corrected chi connectivity index (χ2v) is 9.16. The largest absolute Gasteiger partial charge is 0.469 e. The van der Waals surface area contributed by atoms with Gasteiger partial charge in [-0.05, 0) is 61.2 Å². The number of carbonyl (C=O) groups excluding carboxylic acids is 2. The average Bonchev–Trinajstić information content (AvgIpc) is 2.66. The smallest absolute Gasteiger partial charge is 0.309 e. The first-order valence-electron chi connectivity index (χ1n) is 9.40. The Hall–Kier alpha value is -0.860. The number of hydrogen-bond donors (Lipinski definition) is 0. The van der Waals surface area contributed by atoms with Gasteiger partial charge in [0.05, 0.1) is 13.0 Å². The Morgan fingerprint density at radius 1 is 1.09 bits per heavy atom. The van der Waals surface area contributed by atoms with E-state index in [4.69, 9.17) is 4.74 Å². The SMILES string of the molecule is COC(=O)[C@@H]1CC[C@H]2[C@@H](CC[C@H]3C(C)(C)CCC[C@]23C)C(=O)C1. The van der Waals surface area contributed by atoms with E-state index in [-0.39, 0.29) is 23.2 Å². The van der Waals surface area contributed by atoms with Crippen LogP contribution in [0.3, 0.4) is 0 Å². The van der Waals surface area contributed by atoms with Crippen molar-refractivity contribution in [3.05, 3.63) is 0 Å². The maximum atomic E-state index is 12.8. The quantitative estimate of drug-likeness (QED) is 0.673. The lowest BCUT2D eigenvalue weighted by atomic mass is 9.46. The molecule has 0 amide bonds. The molecule has 0 aromatic heterocycles. The van der Waals surface area contributed by atoms with Gasteiger partial charge in [0.1, 0.15) is 5.78 Å². The lowest BCUT2D eigenvalue weighted by Crippen LogP contribution is -2.52. The highest BCUT2D eigenvalue weighted by molar-refractivity contribution is 5.87. The Labute approximate surface area is 140 Å². The molecule has 0 unspecified atom stereocenters. The van der Waals surface area contributed by atoms with Crippen molar-refractivity contribution in [2.24, 2.45) is 34.5 Å². The van der Waals surface area contributed by atoms with Crippen LogP contribution in [0.2, 0.25) is 0 Å². The normalized spacial score (nSPS) is 43.0. The van der Waals surface area contributed by atoms with E-state index in [1.54, 1.807) is 0 Å². The molecular weight excluding hydrogens is 288 g/mol. The fourth-order valence-electron chi connectivity index (χ4n) is 6.50. The van der Waals surface area contributed by atoms with Crippen molar-refractivity contribution in [2.75, 3.05) is 7.11 Å². The molecule has 130 valence electrons. The molecule has 23 heavy (non-hydrogen) atoms. The molecule has 0 aromatic rings. The van der Waals surface area contributed by atoms with Crippen LogP contribution in [-0.4, -0.2) is 18.9 Å². The zero-order valence-electron chi connectivity index (χ0n) is 15.2. The number of rotatable bonds is 1. The van der Waals surface area contributed by atoms with E-state index in [1.165, 1.54) is 32.8 Å². The van der Waals surface area contributed by atoms with E-state index < -0.39 is 0 Å². The van der Waals surface area contributed by atoms with Gasteiger partial charge in [-0.2, -0.15) is 0 Å². The predicted molar refractivity (Wildman–Crippen MR) is 89.8 cm³/mol. The summed E-state index contributed by atoms with van der Waals surface area (Å²) in [6.07, 6.45) is 8.28. The molecule has 3 aliphatic rings. The number of fused-ring (bicyclic) bond motifs is 3. The van der Waals surface area contributed by atoms with Gasteiger partial charge in [-0.1, -0.05) is 27.2 Å². The summed E-state index contributed by atoms with van der Waals surface area (Å²) in [7, 11) is 1.44. The fraction of sp³-hybridized carbons (Fsp3) is 0.900. The maximum absolute atomic E-state index is 12.8. The zero-order valence-corrected chi connectivity index (χ0v) is 15.2. The molecule has 3 fully saturated rings. The Bertz CT molecular complexity index is 495. The second kappa shape index (κ2) is 5.89. The summed E-state index contributed by atoms with van der Waals surface area (Å²) in [6.45, 7) is 7.29. The lowest BCUT2D eigenvalue weighted by Gasteiger charge is -2.59. The first kappa shape index (κ1) is 17.0. The molecule has 0 aromatic carbocycles. The molecule has 3 nitrogen and oxygen atoms in total. The summed E-state index contributed by atoms with van der Waals surface area (Å²) in [6, 6.07) is 0. The highest BCUT2D eigenvalue weighted by atomic mass is 16.5. The Balaban J connectivity index is 1.88. The average molecular weight is 320 g/mol. The van der Waals surface area contributed by atoms with Crippen LogP contribution in [0.15, 0.2) is 0 Å². The summed E-state index contributed by atoms with van der Waals surface area (Å²) in [5.41, 5.74) is 0.653. The van der Waals surface area contributed by atoms with Crippen LogP contribution in [0.4, 0.5) is 0 Å². The van der Waals surface area contributed by atoms with Crippen molar-refractivity contribution >= 4 is 11.8 Å². The molecule has 5 atom stereocenters. The van der Waals surface area contributed by atoms with Crippen LogP contribution in [0, 0.1) is 34.5 Å². The van der Waals surface area contributed by atoms with Crippen molar-refractivity contribution in [1.82, 2.24) is 0 Å². The Morgan fingerprint density at radius 2 is 1.83 bits per heavy atom. The van der Waals surface area contributed by atoms with Gasteiger partial charge < -0.3 is 4.74 Å². The number of ether oxygens (including phenoxy) is 1. The number of methoxy groups -OCH3 is 1. The minimum Gasteiger partial charge on any atom is -0.469 e. The second-order valence-electron chi connectivity index (χ2n) is 9.16. The van der Waals surface area contributed by atoms with Gasteiger partial charge in [0, 0.05) is 12.3 Å². The molecule has 3 saturated carbocycles. The maximum Gasteiger partial charge on any atom is 0.309 e. The Morgan fingerprint density at radius 3 is 2.52 bits per heavy atom. The zero-order chi connectivity index (χ0) is 16.8. The molecular formula is C20H32O3. The van der Waals surface area contributed by atoms with Gasteiger partial charge >= 0.3 is 5.97 Å². The van der Waals surface area contributed by atoms with Gasteiger partial charge in [-0.3, -0.25) is 9.59 Å². The topological polar surface area (TPSA) is 43.4 Å². The van der Waals surface area contributed by atoms with Crippen molar-refractivity contribution in [1.29, 1.82) is 0 Å². The molecule has 0 spiro atoms. The van der Waals surface area contributed by atoms with Gasteiger partial charge in [-0.25, -0.2) is 0 Å². The molecule has 0 radical (unpaired) electrons. The van der Waals surface area contributed by atoms with Crippen LogP contribution in [-0.2, 0) is 14.3 Å². The third-order valence-electron chi connectivity index (χ3n) is 7.60. The van der Waals surface area contributed by atoms with Gasteiger partial charge in [-0.15, -0.1) is 0 Å².